The van der Waals surface area contributed by atoms with E-state index < -0.39 is 0 Å². The molecule has 0 aliphatic rings. The molecule has 0 bridgehead atoms. The van der Waals surface area contributed by atoms with Gasteiger partial charge in [-0.3, -0.25) is 0 Å². The van der Waals surface area contributed by atoms with Gasteiger partial charge in [0, 0.05) is 12.4 Å². The van der Waals surface area contributed by atoms with Crippen LogP contribution in [0.2, 0.25) is 0 Å². The number of nitrogens with one attached hydrogen (secondary N) is 1. The van der Waals surface area contributed by atoms with Crippen molar-refractivity contribution in [1.82, 2.24) is 30.6 Å². The van der Waals surface area contributed by atoms with Crippen LogP contribution in [0.5, 0.6) is 0 Å². The van der Waals surface area contributed by atoms with Gasteiger partial charge < -0.3 is 0 Å². The van der Waals surface area contributed by atoms with Gasteiger partial charge in [-0.05, 0) is 16.5 Å². The first-order chi connectivity index (χ1) is 5.50. The van der Waals surface area contributed by atoms with Gasteiger partial charge in [0.05, 0.1) is 0 Å². The molecular formula is C5H6N6. The van der Waals surface area contributed by atoms with E-state index in [4.69, 9.17) is 0 Å². The molecular weight excluding hydrogens is 144 g/mol. The minimum Gasteiger partial charge on any atom is -0.246 e. The molecule has 0 unspecified atom stereocenters. The van der Waals surface area contributed by atoms with Crippen molar-refractivity contribution in [3.8, 4) is 0 Å². The highest BCUT2D eigenvalue weighted by Crippen LogP contribution is 1.66. The predicted octanol–water partition coefficient (Wildman–Crippen LogP) is -0.324. The van der Waals surface area contributed by atoms with E-state index >= 15 is 0 Å². The lowest BCUT2D eigenvalue weighted by molar-refractivity contribution is 0.881. The van der Waals surface area contributed by atoms with Crippen molar-refractivity contribution in [2.45, 2.75) is 0 Å². The van der Waals surface area contributed by atoms with Gasteiger partial charge in [0.2, 0.25) is 0 Å². The monoisotopic (exact) mass is 150 g/mol. The van der Waals surface area contributed by atoms with Crippen LogP contribution in [0.25, 0.3) is 0 Å². The van der Waals surface area contributed by atoms with Crippen molar-refractivity contribution in [2.75, 3.05) is 0 Å². The highest BCUT2D eigenvalue weighted by Gasteiger charge is 1.59. The van der Waals surface area contributed by atoms with Gasteiger partial charge in [-0.15, -0.1) is 5.10 Å². The van der Waals surface area contributed by atoms with Crippen molar-refractivity contribution in [2.24, 2.45) is 0 Å². The summed E-state index contributed by atoms with van der Waals surface area (Å²) in [6.45, 7) is 0. The number of rotatable bonds is 0. The van der Waals surface area contributed by atoms with Crippen LogP contribution in [0, 0.1) is 0 Å². The van der Waals surface area contributed by atoms with Gasteiger partial charge in [-0.25, -0.2) is 15.1 Å². The molecule has 0 saturated heterocycles. The van der Waals surface area contributed by atoms with Crippen LogP contribution in [0.1, 0.15) is 0 Å². The molecule has 0 fully saturated rings. The third-order valence-corrected chi connectivity index (χ3v) is 0.747. The largest absolute Gasteiger partial charge is 0.246 e. The Balaban J connectivity index is 0.000000112. The molecule has 6 nitrogen and oxygen atoms in total. The predicted molar refractivity (Wildman–Crippen MR) is 36.2 cm³/mol. The van der Waals surface area contributed by atoms with Gasteiger partial charge in [0.1, 0.15) is 12.7 Å². The zero-order valence-corrected chi connectivity index (χ0v) is 5.62. The molecule has 0 aliphatic carbocycles. The van der Waals surface area contributed by atoms with E-state index in [1.165, 1.54) is 12.7 Å². The Morgan fingerprint density at radius 3 is 2.09 bits per heavy atom. The SMILES string of the molecule is c1cncnc1.c1nnn[nH]1. The van der Waals surface area contributed by atoms with Crippen molar-refractivity contribution < 1.29 is 0 Å². The van der Waals surface area contributed by atoms with E-state index in [0.717, 1.165) is 0 Å². The second-order valence-corrected chi connectivity index (χ2v) is 1.47. The molecule has 2 heterocycles. The minimum atomic E-state index is 1.40. The fourth-order valence-corrected chi connectivity index (χ4v) is 0.382. The summed E-state index contributed by atoms with van der Waals surface area (Å²) < 4.78 is 0. The van der Waals surface area contributed by atoms with Gasteiger partial charge in [-0.2, -0.15) is 0 Å². The van der Waals surface area contributed by atoms with Crippen molar-refractivity contribution in [1.29, 1.82) is 0 Å². The number of aromatic amines is 1. The van der Waals surface area contributed by atoms with E-state index in [-0.39, 0.29) is 0 Å². The summed E-state index contributed by atoms with van der Waals surface area (Å²) in [5.41, 5.74) is 0. The van der Waals surface area contributed by atoms with Crippen molar-refractivity contribution >= 4 is 0 Å². The summed E-state index contributed by atoms with van der Waals surface area (Å²) in [6.07, 6.45) is 6.28. The van der Waals surface area contributed by atoms with Crippen LogP contribution in [0.4, 0.5) is 0 Å². The van der Waals surface area contributed by atoms with Crippen molar-refractivity contribution in [3.05, 3.63) is 31.1 Å². The van der Waals surface area contributed by atoms with Gasteiger partial charge in [-0.1, -0.05) is 0 Å². The molecule has 11 heavy (non-hydrogen) atoms. The average Bonchev–Trinajstić information content (AvgIpc) is 2.64. The smallest absolute Gasteiger partial charge is 0.135 e. The highest BCUT2D eigenvalue weighted by atomic mass is 15.5. The van der Waals surface area contributed by atoms with E-state index in [1.54, 1.807) is 18.5 Å². The standard InChI is InChI=1S/C4H4N2.CH2N4/c1-2-5-4-6-3-1;1-2-4-5-3-1/h1-4H;1H,(H,2,3,4,5). The van der Waals surface area contributed by atoms with Crippen molar-refractivity contribution in [3.63, 3.8) is 0 Å². The van der Waals surface area contributed by atoms with Crippen LogP contribution < -0.4 is 0 Å². The van der Waals surface area contributed by atoms with Crippen LogP contribution in [-0.2, 0) is 0 Å². The zero-order chi connectivity index (χ0) is 7.78. The second kappa shape index (κ2) is 4.98. The maximum atomic E-state index is 3.67. The second-order valence-electron chi connectivity index (χ2n) is 1.47. The average molecular weight is 150 g/mol. The maximum Gasteiger partial charge on any atom is 0.135 e. The van der Waals surface area contributed by atoms with Crippen LogP contribution in [0.15, 0.2) is 31.1 Å². The number of tetrazole rings is 1. The Morgan fingerprint density at radius 1 is 1.09 bits per heavy atom. The fraction of sp³-hybridized carbons (Fsp3) is 0. The zero-order valence-electron chi connectivity index (χ0n) is 5.62. The normalized spacial score (nSPS) is 8.00. The Kier molecular flexibility index (Phi) is 3.28. The van der Waals surface area contributed by atoms with Gasteiger partial charge in [0.15, 0.2) is 0 Å². The Morgan fingerprint density at radius 2 is 1.91 bits per heavy atom. The number of aromatic nitrogens is 6. The molecule has 0 saturated carbocycles. The molecule has 0 atom stereocenters. The Labute approximate surface area is 62.7 Å². The Bertz CT molecular complexity index is 197. The quantitative estimate of drug-likeness (QED) is 0.556. The molecule has 0 aromatic carbocycles. The topological polar surface area (TPSA) is 80.2 Å². The Hall–Kier alpha value is -1.85. The molecule has 0 amide bonds. The molecule has 1 N–H and O–H groups in total. The first-order valence-corrected chi connectivity index (χ1v) is 2.87. The third kappa shape index (κ3) is 3.68. The number of nitrogens with zero attached hydrogens (tertiary/aromatic N) is 5. The lowest BCUT2D eigenvalue weighted by Gasteiger charge is -1.70. The van der Waals surface area contributed by atoms with E-state index in [0.29, 0.717) is 0 Å². The van der Waals surface area contributed by atoms with Gasteiger partial charge >= 0.3 is 0 Å². The molecule has 2 rings (SSSR count). The molecule has 2 aromatic rings. The minimum absolute atomic E-state index is 1.40. The number of H-pyrrole nitrogens is 1. The van der Waals surface area contributed by atoms with Crippen LogP contribution in [0.3, 0.4) is 0 Å². The summed E-state index contributed by atoms with van der Waals surface area (Å²) in [5.74, 6) is 0. The third-order valence-electron chi connectivity index (χ3n) is 0.747. The summed E-state index contributed by atoms with van der Waals surface area (Å²) in [6, 6.07) is 1.78. The molecule has 0 aliphatic heterocycles. The molecule has 56 valence electrons. The summed E-state index contributed by atoms with van der Waals surface area (Å²) in [7, 11) is 0. The van der Waals surface area contributed by atoms with E-state index in [9.17, 15) is 0 Å². The first-order valence-electron chi connectivity index (χ1n) is 2.87. The highest BCUT2D eigenvalue weighted by molar-refractivity contribution is 4.74. The first kappa shape index (κ1) is 7.26. The van der Waals surface area contributed by atoms with Crippen LogP contribution >= 0.6 is 0 Å². The number of hydrogen-bond donors (Lipinski definition) is 1. The molecule has 0 radical (unpaired) electrons. The lowest BCUT2D eigenvalue weighted by Crippen LogP contribution is -1.66. The molecule has 6 heteroatoms. The molecule has 2 aromatic heterocycles. The lowest BCUT2D eigenvalue weighted by atomic mass is 10.7. The van der Waals surface area contributed by atoms with E-state index in [2.05, 4.69) is 30.6 Å². The van der Waals surface area contributed by atoms with E-state index in [1.807, 2.05) is 0 Å². The number of hydrogen-bond acceptors (Lipinski definition) is 5. The van der Waals surface area contributed by atoms with Crippen LogP contribution in [-0.4, -0.2) is 30.6 Å². The fourth-order valence-electron chi connectivity index (χ4n) is 0.382. The molecule has 0 spiro atoms. The summed E-state index contributed by atoms with van der Waals surface area (Å²) >= 11 is 0. The summed E-state index contributed by atoms with van der Waals surface area (Å²) in [4.78, 5) is 7.35. The van der Waals surface area contributed by atoms with Gasteiger partial charge in [0.25, 0.3) is 0 Å². The summed E-state index contributed by atoms with van der Waals surface area (Å²) in [5, 5.41) is 12.1. The maximum absolute atomic E-state index is 3.67.